The first-order valence-corrected chi connectivity index (χ1v) is 6.87. The predicted molar refractivity (Wildman–Crippen MR) is 78.8 cm³/mol. The van der Waals surface area contributed by atoms with E-state index in [1.165, 1.54) is 6.92 Å². The maximum atomic E-state index is 12.1. The zero-order valence-electron chi connectivity index (χ0n) is 12.0. The van der Waals surface area contributed by atoms with Crippen LogP contribution in [-0.4, -0.2) is 25.0 Å². The Hall–Kier alpha value is -2.82. The van der Waals surface area contributed by atoms with E-state index < -0.39 is 5.97 Å². The maximum Gasteiger partial charge on any atom is 0.343 e. The molecule has 0 saturated heterocycles. The van der Waals surface area contributed by atoms with Gasteiger partial charge in [0, 0.05) is 0 Å². The Kier molecular flexibility index (Phi) is 3.78. The lowest BCUT2D eigenvalue weighted by atomic mass is 10.1. The van der Waals surface area contributed by atoms with Gasteiger partial charge in [0.2, 0.25) is 5.75 Å². The molecule has 0 aromatic heterocycles. The van der Waals surface area contributed by atoms with E-state index in [0.29, 0.717) is 35.8 Å². The number of Topliss-reactive ketones (excluding diaryl/α,β-unsaturated/α-hetero) is 1. The third kappa shape index (κ3) is 2.65. The van der Waals surface area contributed by atoms with Crippen LogP contribution in [0.4, 0.5) is 0 Å². The van der Waals surface area contributed by atoms with Gasteiger partial charge in [-0.25, -0.2) is 4.79 Å². The third-order valence-electron chi connectivity index (χ3n) is 3.24. The summed E-state index contributed by atoms with van der Waals surface area (Å²) in [4.78, 5) is 23.8. The van der Waals surface area contributed by atoms with Gasteiger partial charge >= 0.3 is 5.97 Å². The number of fused-ring (bicyclic) bond motifs is 1. The fraction of sp³-hybridized carbons (Fsp3) is 0.176. The zero-order valence-corrected chi connectivity index (χ0v) is 12.0. The summed E-state index contributed by atoms with van der Waals surface area (Å²) in [6.45, 7) is 2.14. The Morgan fingerprint density at radius 2 is 1.64 bits per heavy atom. The Bertz CT molecular complexity index is 721. The number of benzene rings is 2. The van der Waals surface area contributed by atoms with Crippen LogP contribution in [0.25, 0.3) is 0 Å². The summed E-state index contributed by atoms with van der Waals surface area (Å²) < 4.78 is 16.4. The van der Waals surface area contributed by atoms with Gasteiger partial charge in [0.1, 0.15) is 13.2 Å². The van der Waals surface area contributed by atoms with E-state index in [1.54, 1.807) is 36.4 Å². The molecule has 1 aliphatic heterocycles. The zero-order chi connectivity index (χ0) is 15.5. The molecule has 0 radical (unpaired) electrons. The molecule has 112 valence electrons. The standard InChI is InChI=1S/C17H14O5/c1-11(18)13-7-8-14(16-15(13)20-9-10-21-16)22-17(19)12-5-3-2-4-6-12/h2-8H,9-10H2,1H3. The molecule has 0 bridgehead atoms. The second-order valence-corrected chi connectivity index (χ2v) is 4.78. The molecule has 0 fully saturated rings. The molecule has 0 aliphatic carbocycles. The smallest absolute Gasteiger partial charge is 0.343 e. The van der Waals surface area contributed by atoms with Crippen LogP contribution >= 0.6 is 0 Å². The molecule has 1 heterocycles. The van der Waals surface area contributed by atoms with Crippen LogP contribution in [0.2, 0.25) is 0 Å². The molecule has 0 atom stereocenters. The van der Waals surface area contributed by atoms with Crippen molar-refractivity contribution < 1.29 is 23.8 Å². The molecule has 0 unspecified atom stereocenters. The molecule has 5 nitrogen and oxygen atoms in total. The topological polar surface area (TPSA) is 61.8 Å². The molecule has 0 spiro atoms. The molecule has 5 heteroatoms. The molecule has 1 aliphatic rings. The minimum atomic E-state index is -0.493. The van der Waals surface area contributed by atoms with Crippen LogP contribution in [0.15, 0.2) is 42.5 Å². The molecule has 3 rings (SSSR count). The van der Waals surface area contributed by atoms with Crippen LogP contribution in [0.5, 0.6) is 17.2 Å². The van der Waals surface area contributed by atoms with Crippen LogP contribution in [0.3, 0.4) is 0 Å². The molecular formula is C17H14O5. The lowest BCUT2D eigenvalue weighted by molar-refractivity contribution is 0.0721. The second-order valence-electron chi connectivity index (χ2n) is 4.78. The van der Waals surface area contributed by atoms with Gasteiger partial charge in [-0.3, -0.25) is 4.79 Å². The number of carbonyl (C=O) groups is 2. The van der Waals surface area contributed by atoms with Crippen molar-refractivity contribution >= 4 is 11.8 Å². The van der Waals surface area contributed by atoms with E-state index in [2.05, 4.69) is 0 Å². The van der Waals surface area contributed by atoms with Gasteiger partial charge in [-0.1, -0.05) is 18.2 Å². The van der Waals surface area contributed by atoms with E-state index >= 15 is 0 Å². The molecule has 2 aromatic carbocycles. The Balaban J connectivity index is 1.95. The van der Waals surface area contributed by atoms with Crippen molar-refractivity contribution in [3.05, 3.63) is 53.6 Å². The van der Waals surface area contributed by atoms with Crippen molar-refractivity contribution in [2.45, 2.75) is 6.92 Å². The number of rotatable bonds is 3. The van der Waals surface area contributed by atoms with Crippen LogP contribution in [-0.2, 0) is 0 Å². The van der Waals surface area contributed by atoms with E-state index in [1.807, 2.05) is 6.07 Å². The quantitative estimate of drug-likeness (QED) is 0.495. The molecule has 0 amide bonds. The second kappa shape index (κ2) is 5.89. The van der Waals surface area contributed by atoms with Gasteiger partial charge in [0.25, 0.3) is 0 Å². The number of ketones is 1. The summed E-state index contributed by atoms with van der Waals surface area (Å²) in [5.41, 5.74) is 0.845. The van der Waals surface area contributed by atoms with Gasteiger partial charge < -0.3 is 14.2 Å². The number of hydrogen-bond donors (Lipinski definition) is 0. The minimum Gasteiger partial charge on any atom is -0.485 e. The van der Waals surface area contributed by atoms with Crippen molar-refractivity contribution in [1.29, 1.82) is 0 Å². The van der Waals surface area contributed by atoms with Crippen molar-refractivity contribution in [3.8, 4) is 17.2 Å². The average Bonchev–Trinajstić information content (AvgIpc) is 2.55. The van der Waals surface area contributed by atoms with Gasteiger partial charge in [0.05, 0.1) is 11.1 Å². The average molecular weight is 298 g/mol. The lowest BCUT2D eigenvalue weighted by Gasteiger charge is -2.22. The van der Waals surface area contributed by atoms with Crippen LogP contribution < -0.4 is 14.2 Å². The summed E-state index contributed by atoms with van der Waals surface area (Å²) in [5.74, 6) is 0.240. The maximum absolute atomic E-state index is 12.1. The Morgan fingerprint density at radius 3 is 2.32 bits per heavy atom. The lowest BCUT2D eigenvalue weighted by Crippen LogP contribution is -2.19. The summed E-state index contributed by atoms with van der Waals surface area (Å²) >= 11 is 0. The minimum absolute atomic E-state index is 0.136. The molecule has 0 N–H and O–H groups in total. The molecular weight excluding hydrogens is 284 g/mol. The van der Waals surface area contributed by atoms with E-state index in [4.69, 9.17) is 14.2 Å². The highest BCUT2D eigenvalue weighted by atomic mass is 16.6. The van der Waals surface area contributed by atoms with Gasteiger partial charge in [-0.05, 0) is 31.2 Å². The van der Waals surface area contributed by atoms with E-state index in [0.717, 1.165) is 0 Å². The number of esters is 1. The van der Waals surface area contributed by atoms with Crippen LogP contribution in [0, 0.1) is 0 Å². The summed E-state index contributed by atoms with van der Waals surface area (Å²) in [7, 11) is 0. The fourth-order valence-corrected chi connectivity index (χ4v) is 2.20. The largest absolute Gasteiger partial charge is 0.485 e. The summed E-state index contributed by atoms with van der Waals surface area (Å²) in [6, 6.07) is 11.8. The summed E-state index contributed by atoms with van der Waals surface area (Å²) in [6.07, 6.45) is 0. The van der Waals surface area contributed by atoms with Crippen molar-refractivity contribution in [2.24, 2.45) is 0 Å². The Labute approximate surface area is 127 Å². The van der Waals surface area contributed by atoms with E-state index in [9.17, 15) is 9.59 Å². The highest BCUT2D eigenvalue weighted by molar-refractivity contribution is 5.98. The first-order valence-electron chi connectivity index (χ1n) is 6.87. The number of ether oxygens (including phenoxy) is 3. The fourth-order valence-electron chi connectivity index (χ4n) is 2.20. The van der Waals surface area contributed by atoms with Crippen LogP contribution in [0.1, 0.15) is 27.6 Å². The van der Waals surface area contributed by atoms with Crippen molar-refractivity contribution in [1.82, 2.24) is 0 Å². The first-order chi connectivity index (χ1) is 10.7. The van der Waals surface area contributed by atoms with Gasteiger partial charge in [-0.15, -0.1) is 0 Å². The van der Waals surface area contributed by atoms with Crippen molar-refractivity contribution in [3.63, 3.8) is 0 Å². The van der Waals surface area contributed by atoms with E-state index in [-0.39, 0.29) is 11.5 Å². The van der Waals surface area contributed by atoms with Gasteiger partial charge in [-0.2, -0.15) is 0 Å². The normalized spacial score (nSPS) is 12.6. The third-order valence-corrected chi connectivity index (χ3v) is 3.24. The predicted octanol–water partition coefficient (Wildman–Crippen LogP) is 2.88. The number of carbonyl (C=O) groups excluding carboxylic acids is 2. The first kappa shape index (κ1) is 14.1. The highest BCUT2D eigenvalue weighted by Crippen LogP contribution is 2.42. The van der Waals surface area contributed by atoms with Crippen molar-refractivity contribution in [2.75, 3.05) is 13.2 Å². The molecule has 22 heavy (non-hydrogen) atoms. The molecule has 0 saturated carbocycles. The SMILES string of the molecule is CC(=O)c1ccc(OC(=O)c2ccccc2)c2c1OCCO2. The van der Waals surface area contributed by atoms with Gasteiger partial charge in [0.15, 0.2) is 17.3 Å². The monoisotopic (exact) mass is 298 g/mol. The Morgan fingerprint density at radius 1 is 0.955 bits per heavy atom. The number of hydrogen-bond acceptors (Lipinski definition) is 5. The molecule has 2 aromatic rings. The highest BCUT2D eigenvalue weighted by Gasteiger charge is 2.24. The summed E-state index contributed by atoms with van der Waals surface area (Å²) in [5, 5.41) is 0.